The average molecular weight is 407 g/mol. The van der Waals surface area contributed by atoms with E-state index >= 15 is 0 Å². The van der Waals surface area contributed by atoms with Crippen molar-refractivity contribution in [3.8, 4) is 17.3 Å². The zero-order valence-electron chi connectivity index (χ0n) is 15.1. The highest BCUT2D eigenvalue weighted by atomic mass is 19.4. The normalized spacial score (nSPS) is 14.9. The Kier molecular flexibility index (Phi) is 5.01. The monoisotopic (exact) mass is 407 g/mol. The summed E-state index contributed by atoms with van der Waals surface area (Å²) in [4.78, 5) is 23.1. The Morgan fingerprint density at radius 3 is 2.48 bits per heavy atom. The number of aromatic nitrogens is 5. The smallest absolute Gasteiger partial charge is 0.422 e. The highest BCUT2D eigenvalue weighted by molar-refractivity contribution is 5.88. The maximum Gasteiger partial charge on any atom is 0.422 e. The number of halogens is 3. The molecular weight excluding hydrogens is 391 g/mol. The van der Waals surface area contributed by atoms with Crippen LogP contribution in [0.2, 0.25) is 0 Å². The Labute approximate surface area is 162 Å². The number of fused-ring (bicyclic) bond motifs is 1. The van der Waals surface area contributed by atoms with E-state index < -0.39 is 12.8 Å². The lowest BCUT2D eigenvalue weighted by atomic mass is 10.2. The Morgan fingerprint density at radius 2 is 1.79 bits per heavy atom. The zero-order chi connectivity index (χ0) is 20.4. The number of hydrogen-bond donors (Lipinski definition) is 1. The number of pyridine rings is 1. The first kappa shape index (κ1) is 19.1. The van der Waals surface area contributed by atoms with Gasteiger partial charge in [-0.2, -0.15) is 13.2 Å². The maximum absolute atomic E-state index is 12.5. The number of alkyl halides is 3. The summed E-state index contributed by atoms with van der Waals surface area (Å²) in [5.74, 6) is 0.792. The SMILES string of the molecule is Nc1ncc(-c2nc(N3CCOCC3)c3nc(OCC(F)(F)F)ccc3n2)cn1. The van der Waals surface area contributed by atoms with Gasteiger partial charge in [-0.25, -0.2) is 24.9 Å². The van der Waals surface area contributed by atoms with Crippen molar-refractivity contribution in [3.05, 3.63) is 24.5 Å². The van der Waals surface area contributed by atoms with E-state index in [2.05, 4.69) is 24.9 Å². The second kappa shape index (κ2) is 7.62. The molecule has 9 nitrogen and oxygen atoms in total. The van der Waals surface area contributed by atoms with Gasteiger partial charge in [0.2, 0.25) is 11.8 Å². The average Bonchev–Trinajstić information content (AvgIpc) is 2.72. The van der Waals surface area contributed by atoms with Crippen molar-refractivity contribution in [3.63, 3.8) is 0 Å². The summed E-state index contributed by atoms with van der Waals surface area (Å²) in [7, 11) is 0. The molecule has 29 heavy (non-hydrogen) atoms. The number of nitrogens with zero attached hydrogens (tertiary/aromatic N) is 6. The van der Waals surface area contributed by atoms with Gasteiger partial charge in [-0.1, -0.05) is 0 Å². The van der Waals surface area contributed by atoms with Crippen molar-refractivity contribution in [2.45, 2.75) is 6.18 Å². The van der Waals surface area contributed by atoms with E-state index in [1.807, 2.05) is 4.90 Å². The van der Waals surface area contributed by atoms with Gasteiger partial charge in [0.1, 0.15) is 5.52 Å². The Balaban J connectivity index is 1.78. The molecule has 4 rings (SSSR count). The second-order valence-corrected chi connectivity index (χ2v) is 6.22. The summed E-state index contributed by atoms with van der Waals surface area (Å²) in [6, 6.07) is 2.88. The van der Waals surface area contributed by atoms with Crippen molar-refractivity contribution in [2.75, 3.05) is 43.5 Å². The maximum atomic E-state index is 12.5. The molecule has 0 aliphatic carbocycles. The summed E-state index contributed by atoms with van der Waals surface area (Å²) >= 11 is 0. The number of nitrogen functional groups attached to an aromatic ring is 1. The minimum Gasteiger partial charge on any atom is -0.468 e. The summed E-state index contributed by atoms with van der Waals surface area (Å²) < 4.78 is 47.6. The third-order valence-corrected chi connectivity index (χ3v) is 4.12. The van der Waals surface area contributed by atoms with Crippen LogP contribution in [-0.4, -0.2) is 64.0 Å². The largest absolute Gasteiger partial charge is 0.468 e. The van der Waals surface area contributed by atoms with Crippen LogP contribution in [0.1, 0.15) is 0 Å². The Hall–Kier alpha value is -3.28. The van der Waals surface area contributed by atoms with Crippen LogP contribution in [0.4, 0.5) is 24.9 Å². The lowest BCUT2D eigenvalue weighted by Crippen LogP contribution is -2.37. The molecule has 2 N–H and O–H groups in total. The molecule has 1 aliphatic heterocycles. The quantitative estimate of drug-likeness (QED) is 0.692. The van der Waals surface area contributed by atoms with Gasteiger partial charge in [-0.05, 0) is 6.07 Å². The van der Waals surface area contributed by atoms with Crippen LogP contribution in [0.3, 0.4) is 0 Å². The van der Waals surface area contributed by atoms with E-state index in [0.717, 1.165) is 0 Å². The van der Waals surface area contributed by atoms with Crippen LogP contribution >= 0.6 is 0 Å². The van der Waals surface area contributed by atoms with E-state index in [1.165, 1.54) is 18.5 Å². The van der Waals surface area contributed by atoms with Crippen LogP contribution in [0, 0.1) is 0 Å². The first-order chi connectivity index (χ1) is 13.9. The standard InChI is InChI=1S/C17H16F3N7O2/c18-17(19,20)9-29-12-2-1-11-13(25-12)15(27-3-5-28-6-4-27)26-14(24-11)10-7-22-16(21)23-8-10/h1-2,7-8H,3-6,9H2,(H2,21,22,23). The highest BCUT2D eigenvalue weighted by Crippen LogP contribution is 2.29. The molecule has 0 bridgehead atoms. The third kappa shape index (κ3) is 4.42. The molecule has 1 saturated heterocycles. The van der Waals surface area contributed by atoms with Crippen LogP contribution in [0.15, 0.2) is 24.5 Å². The van der Waals surface area contributed by atoms with E-state index in [1.54, 1.807) is 6.07 Å². The fourth-order valence-corrected chi connectivity index (χ4v) is 2.80. The molecule has 3 aromatic heterocycles. The zero-order valence-corrected chi connectivity index (χ0v) is 15.1. The lowest BCUT2D eigenvalue weighted by molar-refractivity contribution is -0.154. The molecule has 0 atom stereocenters. The van der Waals surface area contributed by atoms with Gasteiger partial charge in [0, 0.05) is 31.5 Å². The third-order valence-electron chi connectivity index (χ3n) is 4.12. The first-order valence-corrected chi connectivity index (χ1v) is 8.68. The predicted molar refractivity (Wildman–Crippen MR) is 97.4 cm³/mol. The molecule has 12 heteroatoms. The summed E-state index contributed by atoms with van der Waals surface area (Å²) in [5.41, 5.74) is 6.87. The van der Waals surface area contributed by atoms with Crippen molar-refractivity contribution < 1.29 is 22.6 Å². The minimum absolute atomic E-state index is 0.121. The van der Waals surface area contributed by atoms with Crippen LogP contribution in [0.25, 0.3) is 22.4 Å². The molecule has 0 amide bonds. The number of rotatable bonds is 4. The molecule has 3 aromatic rings. The molecular formula is C17H16F3N7O2. The van der Waals surface area contributed by atoms with Crippen molar-refractivity contribution >= 4 is 22.8 Å². The van der Waals surface area contributed by atoms with Gasteiger partial charge in [-0.15, -0.1) is 0 Å². The fraction of sp³-hybridized carbons (Fsp3) is 0.353. The molecule has 0 spiro atoms. The molecule has 152 valence electrons. The van der Waals surface area contributed by atoms with Crippen LogP contribution in [-0.2, 0) is 4.74 Å². The number of hydrogen-bond acceptors (Lipinski definition) is 9. The topological polar surface area (TPSA) is 112 Å². The molecule has 0 radical (unpaired) electrons. The van der Waals surface area contributed by atoms with E-state index in [9.17, 15) is 13.2 Å². The van der Waals surface area contributed by atoms with Gasteiger partial charge in [-0.3, -0.25) is 0 Å². The van der Waals surface area contributed by atoms with Crippen molar-refractivity contribution in [1.29, 1.82) is 0 Å². The molecule has 1 aliphatic rings. The van der Waals surface area contributed by atoms with E-state index in [-0.39, 0.29) is 11.8 Å². The molecule has 0 unspecified atom stereocenters. The van der Waals surface area contributed by atoms with E-state index in [4.69, 9.17) is 15.2 Å². The van der Waals surface area contributed by atoms with Gasteiger partial charge in [0.05, 0.1) is 24.3 Å². The molecule has 0 aromatic carbocycles. The van der Waals surface area contributed by atoms with Gasteiger partial charge >= 0.3 is 6.18 Å². The number of ether oxygens (including phenoxy) is 2. The fourth-order valence-electron chi connectivity index (χ4n) is 2.80. The van der Waals surface area contributed by atoms with E-state index in [0.29, 0.717) is 54.5 Å². The van der Waals surface area contributed by atoms with Gasteiger partial charge in [0.15, 0.2) is 18.2 Å². The highest BCUT2D eigenvalue weighted by Gasteiger charge is 2.29. The predicted octanol–water partition coefficient (Wildman–Crippen LogP) is 1.84. The lowest BCUT2D eigenvalue weighted by Gasteiger charge is -2.28. The Morgan fingerprint density at radius 1 is 1.07 bits per heavy atom. The molecule has 1 fully saturated rings. The summed E-state index contributed by atoms with van der Waals surface area (Å²) in [6.45, 7) is 0.671. The summed E-state index contributed by atoms with van der Waals surface area (Å²) in [6.07, 6.45) is -1.46. The first-order valence-electron chi connectivity index (χ1n) is 8.68. The molecule has 4 heterocycles. The minimum atomic E-state index is -4.46. The van der Waals surface area contributed by atoms with Crippen LogP contribution < -0.4 is 15.4 Å². The van der Waals surface area contributed by atoms with Gasteiger partial charge < -0.3 is 20.1 Å². The Bertz CT molecular complexity index is 1010. The van der Waals surface area contributed by atoms with Crippen LogP contribution in [0.5, 0.6) is 5.88 Å². The van der Waals surface area contributed by atoms with Crippen molar-refractivity contribution in [1.82, 2.24) is 24.9 Å². The van der Waals surface area contributed by atoms with Crippen molar-refractivity contribution in [2.24, 2.45) is 0 Å². The second-order valence-electron chi connectivity index (χ2n) is 6.22. The molecule has 0 saturated carbocycles. The summed E-state index contributed by atoms with van der Waals surface area (Å²) in [5, 5.41) is 0. The number of nitrogens with two attached hydrogens (primary N) is 1. The van der Waals surface area contributed by atoms with Gasteiger partial charge in [0.25, 0.3) is 0 Å². The number of morpholine rings is 1. The number of anilines is 2.